The number of halogens is 3. The van der Waals surface area contributed by atoms with Crippen LogP contribution in [-0.2, 0) is 9.59 Å². The molecule has 0 saturated carbocycles. The smallest absolute Gasteiger partial charge is 0.356 e. The molecule has 0 atom stereocenters. The summed E-state index contributed by atoms with van der Waals surface area (Å²) in [7, 11) is 0. The van der Waals surface area contributed by atoms with Crippen molar-refractivity contribution in [1.82, 2.24) is 15.5 Å². The number of carbonyl (C=O) groups excluding carboxylic acids is 2. The predicted octanol–water partition coefficient (Wildman–Crippen LogP) is 0.513. The van der Waals surface area contributed by atoms with Crippen LogP contribution in [0.25, 0.3) is 0 Å². The Kier molecular flexibility index (Phi) is 6.25. The van der Waals surface area contributed by atoms with Crippen LogP contribution in [0.3, 0.4) is 0 Å². The van der Waals surface area contributed by atoms with Gasteiger partial charge in [0.05, 0.1) is 13.1 Å². The van der Waals surface area contributed by atoms with Gasteiger partial charge in [0, 0.05) is 25.6 Å². The Morgan fingerprint density at radius 1 is 1.25 bits per heavy atom. The third kappa shape index (κ3) is 5.77. The molecule has 5 nitrogen and oxygen atoms in total. The van der Waals surface area contributed by atoms with E-state index in [1.165, 1.54) is 4.90 Å². The molecule has 0 aromatic carbocycles. The van der Waals surface area contributed by atoms with Crippen LogP contribution in [0.2, 0.25) is 0 Å². The van der Waals surface area contributed by atoms with Gasteiger partial charge in [-0.2, -0.15) is 13.2 Å². The van der Waals surface area contributed by atoms with Crippen molar-refractivity contribution in [3.8, 4) is 0 Å². The van der Waals surface area contributed by atoms with Crippen molar-refractivity contribution in [1.29, 1.82) is 0 Å². The number of rotatable bonds is 5. The molecule has 1 saturated heterocycles. The van der Waals surface area contributed by atoms with Gasteiger partial charge in [-0.3, -0.25) is 9.59 Å². The second-order valence-corrected chi connectivity index (χ2v) is 4.77. The number of hydrogen-bond acceptors (Lipinski definition) is 3. The number of nitrogens with one attached hydrogen (secondary N) is 2. The van der Waals surface area contributed by atoms with Crippen molar-refractivity contribution in [3.63, 3.8) is 0 Å². The zero-order valence-electron chi connectivity index (χ0n) is 11.4. The highest BCUT2D eigenvalue weighted by atomic mass is 19.4. The summed E-state index contributed by atoms with van der Waals surface area (Å²) in [5, 5.41) is 4.81. The fourth-order valence-corrected chi connectivity index (χ4v) is 2.13. The minimum atomic E-state index is -4.31. The van der Waals surface area contributed by atoms with E-state index in [4.69, 9.17) is 0 Å². The molecule has 0 spiro atoms. The number of carbonyl (C=O) groups is 2. The normalized spacial score (nSPS) is 17.1. The van der Waals surface area contributed by atoms with Crippen molar-refractivity contribution in [2.24, 2.45) is 5.92 Å². The fraction of sp³-hybridized carbons (Fsp3) is 0.833. The highest BCUT2D eigenvalue weighted by Gasteiger charge is 2.29. The summed E-state index contributed by atoms with van der Waals surface area (Å²) < 4.78 is 35.8. The zero-order valence-corrected chi connectivity index (χ0v) is 11.4. The summed E-state index contributed by atoms with van der Waals surface area (Å²) >= 11 is 0. The molecule has 1 aliphatic rings. The highest BCUT2D eigenvalue weighted by Crippen LogP contribution is 2.17. The van der Waals surface area contributed by atoms with Gasteiger partial charge < -0.3 is 15.5 Å². The molecule has 0 radical (unpaired) electrons. The molecule has 1 heterocycles. The molecular formula is C12H20F3N3O2. The minimum absolute atomic E-state index is 0.0187. The third-order valence-electron chi connectivity index (χ3n) is 3.17. The Hall–Kier alpha value is -1.31. The highest BCUT2D eigenvalue weighted by molar-refractivity contribution is 5.80. The first-order valence-corrected chi connectivity index (χ1v) is 6.66. The third-order valence-corrected chi connectivity index (χ3v) is 3.17. The van der Waals surface area contributed by atoms with E-state index in [1.54, 1.807) is 0 Å². The Morgan fingerprint density at radius 3 is 2.35 bits per heavy atom. The fourth-order valence-electron chi connectivity index (χ4n) is 2.13. The number of alkyl halides is 3. The lowest BCUT2D eigenvalue weighted by Gasteiger charge is -2.31. The molecule has 0 unspecified atom stereocenters. The number of hydrogen-bond donors (Lipinski definition) is 2. The van der Waals surface area contributed by atoms with Crippen LogP contribution in [0, 0.1) is 5.92 Å². The van der Waals surface area contributed by atoms with Crippen molar-refractivity contribution in [3.05, 3.63) is 0 Å². The molecule has 116 valence electrons. The Balaban J connectivity index is 2.27. The maximum absolute atomic E-state index is 11.9. The van der Waals surface area contributed by atoms with Gasteiger partial charge in [0.15, 0.2) is 0 Å². The van der Waals surface area contributed by atoms with Crippen LogP contribution >= 0.6 is 0 Å². The van der Waals surface area contributed by atoms with E-state index < -0.39 is 12.7 Å². The summed E-state index contributed by atoms with van der Waals surface area (Å²) in [4.78, 5) is 24.8. The molecule has 1 aliphatic heterocycles. The summed E-state index contributed by atoms with van der Waals surface area (Å²) in [5.74, 6) is -0.486. The first-order chi connectivity index (χ1) is 9.33. The number of piperidine rings is 1. The van der Waals surface area contributed by atoms with Crippen LogP contribution in [0.15, 0.2) is 0 Å². The quantitative estimate of drug-likeness (QED) is 0.777. The van der Waals surface area contributed by atoms with Crippen molar-refractivity contribution < 1.29 is 22.8 Å². The zero-order chi connectivity index (χ0) is 15.2. The van der Waals surface area contributed by atoms with E-state index in [2.05, 4.69) is 10.6 Å². The van der Waals surface area contributed by atoms with Gasteiger partial charge in [0.2, 0.25) is 11.8 Å². The van der Waals surface area contributed by atoms with E-state index >= 15 is 0 Å². The van der Waals surface area contributed by atoms with Gasteiger partial charge in [-0.25, -0.2) is 0 Å². The molecule has 2 N–H and O–H groups in total. The summed E-state index contributed by atoms with van der Waals surface area (Å²) in [6, 6.07) is 0. The lowest BCUT2D eigenvalue weighted by atomic mass is 9.96. The molecule has 0 aromatic heterocycles. The Morgan fingerprint density at radius 2 is 1.85 bits per heavy atom. The average Bonchev–Trinajstić information content (AvgIpc) is 2.37. The first-order valence-electron chi connectivity index (χ1n) is 6.66. The van der Waals surface area contributed by atoms with E-state index in [1.807, 2.05) is 6.92 Å². The van der Waals surface area contributed by atoms with E-state index in [0.717, 1.165) is 0 Å². The second-order valence-electron chi connectivity index (χ2n) is 4.77. The van der Waals surface area contributed by atoms with Gasteiger partial charge in [-0.1, -0.05) is 0 Å². The minimum Gasteiger partial charge on any atom is -0.356 e. The average molecular weight is 295 g/mol. The maximum Gasteiger partial charge on any atom is 0.401 e. The standard InChI is InChI=1S/C12H20F3N3O2/c1-2-17-11(20)9-3-5-18(6-4-9)10(19)7-16-8-12(13,14)15/h9,16H,2-8H2,1H3,(H,17,20). The van der Waals surface area contributed by atoms with Gasteiger partial charge in [0.25, 0.3) is 0 Å². The maximum atomic E-state index is 11.9. The molecular weight excluding hydrogens is 275 g/mol. The number of amides is 2. The van der Waals surface area contributed by atoms with E-state index in [0.29, 0.717) is 32.5 Å². The second kappa shape index (κ2) is 7.47. The molecule has 0 aliphatic carbocycles. The van der Waals surface area contributed by atoms with Crippen LogP contribution in [0.4, 0.5) is 13.2 Å². The first kappa shape index (κ1) is 16.7. The van der Waals surface area contributed by atoms with Gasteiger partial charge in [-0.05, 0) is 19.8 Å². The Bertz CT molecular complexity index is 339. The van der Waals surface area contributed by atoms with Crippen molar-refractivity contribution in [2.45, 2.75) is 25.9 Å². The molecule has 0 aromatic rings. The van der Waals surface area contributed by atoms with Crippen LogP contribution in [0.5, 0.6) is 0 Å². The number of nitrogens with zero attached hydrogens (tertiary/aromatic N) is 1. The van der Waals surface area contributed by atoms with Crippen LogP contribution in [-0.4, -0.2) is 55.6 Å². The molecule has 8 heteroatoms. The molecule has 1 fully saturated rings. The van der Waals surface area contributed by atoms with Crippen LogP contribution < -0.4 is 10.6 Å². The van der Waals surface area contributed by atoms with Crippen LogP contribution in [0.1, 0.15) is 19.8 Å². The van der Waals surface area contributed by atoms with Gasteiger partial charge in [0.1, 0.15) is 0 Å². The predicted molar refractivity (Wildman–Crippen MR) is 66.9 cm³/mol. The Labute approximate surface area is 115 Å². The largest absolute Gasteiger partial charge is 0.401 e. The molecule has 2 amide bonds. The van der Waals surface area contributed by atoms with Crippen molar-refractivity contribution >= 4 is 11.8 Å². The summed E-state index contributed by atoms with van der Waals surface area (Å²) in [5.41, 5.74) is 0. The lowest BCUT2D eigenvalue weighted by molar-refractivity contribution is -0.137. The van der Waals surface area contributed by atoms with E-state index in [-0.39, 0.29) is 24.3 Å². The monoisotopic (exact) mass is 295 g/mol. The van der Waals surface area contributed by atoms with E-state index in [9.17, 15) is 22.8 Å². The lowest BCUT2D eigenvalue weighted by Crippen LogP contribution is -2.46. The van der Waals surface area contributed by atoms with Gasteiger partial charge >= 0.3 is 6.18 Å². The summed E-state index contributed by atoms with van der Waals surface area (Å²) in [6.45, 7) is 1.73. The molecule has 20 heavy (non-hydrogen) atoms. The SMILES string of the molecule is CCNC(=O)C1CCN(C(=O)CNCC(F)(F)F)CC1. The van der Waals surface area contributed by atoms with Crippen molar-refractivity contribution in [2.75, 3.05) is 32.7 Å². The molecule has 1 rings (SSSR count). The topological polar surface area (TPSA) is 61.4 Å². The number of likely N-dealkylation sites (tertiary alicyclic amines) is 1. The summed E-state index contributed by atoms with van der Waals surface area (Å²) in [6.07, 6.45) is -3.21. The van der Waals surface area contributed by atoms with Gasteiger partial charge in [-0.15, -0.1) is 0 Å². The molecule has 0 bridgehead atoms.